The third-order valence-electron chi connectivity index (χ3n) is 0.933. The number of esters is 1. The second-order valence-electron chi connectivity index (χ2n) is 1.79. The number of ether oxygens (including phenoxy) is 1. The maximum atomic E-state index is 10.7. The summed E-state index contributed by atoms with van der Waals surface area (Å²) in [6.45, 7) is -0.0457. The molecule has 1 N–H and O–H groups in total. The van der Waals surface area contributed by atoms with E-state index in [0.717, 1.165) is 0 Å². The Morgan fingerprint density at radius 3 is 2.64 bits per heavy atom. The lowest BCUT2D eigenvalue weighted by Gasteiger charge is -2.00. The first kappa shape index (κ1) is 10.3. The first-order chi connectivity index (χ1) is 5.20. The lowest BCUT2D eigenvalue weighted by Crippen LogP contribution is -2.31. The molecule has 0 unspecified atom stereocenters. The maximum Gasteiger partial charge on any atom is 0.325 e. The molecule has 1 amide bonds. The van der Waals surface area contributed by atoms with E-state index in [1.54, 1.807) is 0 Å². The number of thioether (sulfide) groups is 1. The third kappa shape index (κ3) is 5.72. The van der Waals surface area contributed by atoms with E-state index in [9.17, 15) is 9.59 Å². The summed E-state index contributed by atoms with van der Waals surface area (Å²) < 4.78 is 4.32. The van der Waals surface area contributed by atoms with E-state index >= 15 is 0 Å². The Kier molecular flexibility index (Phi) is 5.64. The predicted molar refractivity (Wildman–Crippen MR) is 43.4 cm³/mol. The highest BCUT2D eigenvalue weighted by Crippen LogP contribution is 1.88. The monoisotopic (exact) mass is 177 g/mol. The Hall–Kier alpha value is -0.710. The first-order valence-corrected chi connectivity index (χ1v) is 4.42. The maximum absolute atomic E-state index is 10.7. The van der Waals surface area contributed by atoms with E-state index in [1.165, 1.54) is 18.9 Å². The van der Waals surface area contributed by atoms with Crippen LogP contribution in [0.4, 0.5) is 0 Å². The summed E-state index contributed by atoms with van der Waals surface area (Å²) in [5.41, 5.74) is 0. The first-order valence-electron chi connectivity index (χ1n) is 3.03. The number of methoxy groups -OCH3 is 1. The van der Waals surface area contributed by atoms with Crippen LogP contribution in [-0.4, -0.2) is 37.5 Å². The van der Waals surface area contributed by atoms with Gasteiger partial charge in [-0.1, -0.05) is 0 Å². The summed E-state index contributed by atoms with van der Waals surface area (Å²) in [5, 5.41) is 2.40. The number of hydrogen-bond donors (Lipinski definition) is 1. The number of carbonyl (C=O) groups is 2. The fourth-order valence-corrected chi connectivity index (χ4v) is 0.789. The lowest BCUT2D eigenvalue weighted by molar-refractivity contribution is -0.140. The van der Waals surface area contributed by atoms with Crippen molar-refractivity contribution in [1.29, 1.82) is 0 Å². The molecule has 0 spiro atoms. The lowest BCUT2D eigenvalue weighted by atomic mass is 10.6. The van der Waals surface area contributed by atoms with Crippen molar-refractivity contribution >= 4 is 23.6 Å². The van der Waals surface area contributed by atoms with E-state index in [-0.39, 0.29) is 12.5 Å². The van der Waals surface area contributed by atoms with Crippen LogP contribution in [0.5, 0.6) is 0 Å². The molecule has 0 atom stereocenters. The number of carbonyl (C=O) groups excluding carboxylic acids is 2. The molecule has 0 bridgehead atoms. The second-order valence-corrected chi connectivity index (χ2v) is 2.65. The standard InChI is InChI=1S/C6H11NO3S/c1-10-6(9)3-7-5(8)4-11-2/h3-4H2,1-2H3,(H,7,8). The summed E-state index contributed by atoms with van der Waals surface area (Å²) in [6.07, 6.45) is 1.82. The summed E-state index contributed by atoms with van der Waals surface area (Å²) in [7, 11) is 1.28. The quantitative estimate of drug-likeness (QED) is 0.596. The molecular formula is C6H11NO3S. The van der Waals surface area contributed by atoms with Crippen LogP contribution in [-0.2, 0) is 14.3 Å². The van der Waals surface area contributed by atoms with Gasteiger partial charge < -0.3 is 10.1 Å². The predicted octanol–water partition coefficient (Wildman–Crippen LogP) is -0.361. The van der Waals surface area contributed by atoms with Gasteiger partial charge >= 0.3 is 5.97 Å². The van der Waals surface area contributed by atoms with E-state index in [4.69, 9.17) is 0 Å². The minimum Gasteiger partial charge on any atom is -0.468 e. The van der Waals surface area contributed by atoms with E-state index in [1.807, 2.05) is 6.26 Å². The highest BCUT2D eigenvalue weighted by Gasteiger charge is 2.02. The van der Waals surface area contributed by atoms with Crippen LogP contribution in [0.2, 0.25) is 0 Å². The number of rotatable bonds is 4. The van der Waals surface area contributed by atoms with Crippen molar-refractivity contribution in [2.24, 2.45) is 0 Å². The number of amides is 1. The van der Waals surface area contributed by atoms with Gasteiger partial charge in [0.2, 0.25) is 5.91 Å². The van der Waals surface area contributed by atoms with E-state index in [0.29, 0.717) is 5.75 Å². The minimum absolute atomic E-state index is 0.0457. The van der Waals surface area contributed by atoms with Gasteiger partial charge in [-0.05, 0) is 6.26 Å². The number of nitrogens with one attached hydrogen (secondary N) is 1. The summed E-state index contributed by atoms with van der Waals surface area (Å²) in [4.78, 5) is 21.2. The average Bonchev–Trinajstić information content (AvgIpc) is 2.01. The molecule has 0 aliphatic carbocycles. The zero-order chi connectivity index (χ0) is 8.69. The second kappa shape index (κ2) is 6.03. The third-order valence-corrected chi connectivity index (χ3v) is 1.48. The van der Waals surface area contributed by atoms with Crippen molar-refractivity contribution in [3.63, 3.8) is 0 Å². The average molecular weight is 177 g/mol. The fraction of sp³-hybridized carbons (Fsp3) is 0.667. The van der Waals surface area contributed by atoms with Gasteiger partial charge in [0.15, 0.2) is 0 Å². The van der Waals surface area contributed by atoms with Crippen LogP contribution < -0.4 is 5.32 Å². The smallest absolute Gasteiger partial charge is 0.325 e. The van der Waals surface area contributed by atoms with Gasteiger partial charge in [-0.2, -0.15) is 11.8 Å². The Bertz CT molecular complexity index is 149. The molecule has 0 saturated heterocycles. The zero-order valence-electron chi connectivity index (χ0n) is 6.55. The highest BCUT2D eigenvalue weighted by molar-refractivity contribution is 7.99. The van der Waals surface area contributed by atoms with Crippen LogP contribution in [0.1, 0.15) is 0 Å². The summed E-state index contributed by atoms with van der Waals surface area (Å²) in [5.74, 6) is -0.209. The number of hydrogen-bond acceptors (Lipinski definition) is 4. The molecule has 0 heterocycles. The molecule has 0 fully saturated rings. The van der Waals surface area contributed by atoms with Crippen molar-refractivity contribution in [1.82, 2.24) is 5.32 Å². The fourth-order valence-electron chi connectivity index (χ4n) is 0.425. The Balaban J connectivity index is 3.38. The van der Waals surface area contributed by atoms with Crippen LogP contribution in [0, 0.1) is 0 Å². The molecule has 0 aromatic heterocycles. The van der Waals surface area contributed by atoms with Crippen LogP contribution in [0.3, 0.4) is 0 Å². The molecule has 0 aromatic rings. The SMILES string of the molecule is COC(=O)CNC(=O)CSC. The van der Waals surface area contributed by atoms with Gasteiger partial charge in [0.05, 0.1) is 12.9 Å². The molecular weight excluding hydrogens is 166 g/mol. The Labute approximate surface area is 69.7 Å². The van der Waals surface area contributed by atoms with Gasteiger partial charge in [0.1, 0.15) is 6.54 Å². The normalized spacial score (nSPS) is 8.91. The molecule has 0 saturated carbocycles. The molecule has 0 aromatic carbocycles. The topological polar surface area (TPSA) is 55.4 Å². The van der Waals surface area contributed by atoms with Gasteiger partial charge in [-0.25, -0.2) is 0 Å². The van der Waals surface area contributed by atoms with Crippen LogP contribution in [0.15, 0.2) is 0 Å². The molecule has 0 rings (SSSR count). The Morgan fingerprint density at radius 1 is 1.55 bits per heavy atom. The van der Waals surface area contributed by atoms with Crippen LogP contribution >= 0.6 is 11.8 Å². The minimum atomic E-state index is -0.431. The van der Waals surface area contributed by atoms with Crippen LogP contribution in [0.25, 0.3) is 0 Å². The summed E-state index contributed by atoms with van der Waals surface area (Å²) >= 11 is 1.40. The molecule has 64 valence electrons. The van der Waals surface area contributed by atoms with Crippen molar-refractivity contribution < 1.29 is 14.3 Å². The molecule has 0 radical (unpaired) electrons. The van der Waals surface area contributed by atoms with Gasteiger partial charge in [0.25, 0.3) is 0 Å². The van der Waals surface area contributed by atoms with Crippen molar-refractivity contribution in [3.8, 4) is 0 Å². The summed E-state index contributed by atoms with van der Waals surface area (Å²) in [6, 6.07) is 0. The van der Waals surface area contributed by atoms with Crippen molar-refractivity contribution in [2.45, 2.75) is 0 Å². The largest absolute Gasteiger partial charge is 0.468 e. The van der Waals surface area contributed by atoms with Crippen molar-refractivity contribution in [2.75, 3.05) is 25.7 Å². The van der Waals surface area contributed by atoms with Crippen molar-refractivity contribution in [3.05, 3.63) is 0 Å². The molecule has 11 heavy (non-hydrogen) atoms. The van der Waals surface area contributed by atoms with Gasteiger partial charge in [0, 0.05) is 0 Å². The molecule has 0 aliphatic rings. The molecule has 0 aliphatic heterocycles. The van der Waals surface area contributed by atoms with E-state index < -0.39 is 5.97 Å². The highest BCUT2D eigenvalue weighted by atomic mass is 32.2. The van der Waals surface area contributed by atoms with Gasteiger partial charge in [-0.3, -0.25) is 9.59 Å². The van der Waals surface area contributed by atoms with Gasteiger partial charge in [-0.15, -0.1) is 0 Å². The Morgan fingerprint density at radius 2 is 2.18 bits per heavy atom. The molecule has 4 nitrogen and oxygen atoms in total. The molecule has 5 heteroatoms. The van der Waals surface area contributed by atoms with E-state index in [2.05, 4.69) is 10.1 Å². The zero-order valence-corrected chi connectivity index (χ0v) is 7.36.